The molecule has 0 unspecified atom stereocenters. The van der Waals surface area contributed by atoms with Gasteiger partial charge < -0.3 is 10.1 Å². The lowest BCUT2D eigenvalue weighted by atomic mass is 10.1. The van der Waals surface area contributed by atoms with Gasteiger partial charge in [-0.25, -0.2) is 0 Å². The van der Waals surface area contributed by atoms with Crippen LogP contribution < -0.4 is 10.1 Å². The van der Waals surface area contributed by atoms with E-state index in [0.717, 1.165) is 6.42 Å². The molecular formula is C13H16F3NO2. The van der Waals surface area contributed by atoms with Crippen molar-refractivity contribution in [2.75, 3.05) is 19.7 Å². The van der Waals surface area contributed by atoms with Crippen LogP contribution in [-0.2, 0) is 0 Å². The van der Waals surface area contributed by atoms with Crippen LogP contribution >= 0.6 is 0 Å². The number of benzene rings is 1. The SMILES string of the molecule is CCCOc1ccccc1C(=O)CNCC(F)(F)F. The Bertz CT molecular complexity index is 419. The number of ether oxygens (including phenoxy) is 1. The van der Waals surface area contributed by atoms with E-state index in [-0.39, 0.29) is 6.54 Å². The van der Waals surface area contributed by atoms with Gasteiger partial charge in [0.1, 0.15) is 5.75 Å². The summed E-state index contributed by atoms with van der Waals surface area (Å²) in [4.78, 5) is 11.8. The van der Waals surface area contributed by atoms with Crippen LogP contribution in [0.15, 0.2) is 24.3 Å². The average Bonchev–Trinajstić information content (AvgIpc) is 2.35. The second-order valence-electron chi connectivity index (χ2n) is 3.99. The molecule has 106 valence electrons. The number of hydrogen-bond donors (Lipinski definition) is 1. The van der Waals surface area contributed by atoms with E-state index in [4.69, 9.17) is 4.74 Å². The van der Waals surface area contributed by atoms with Crippen LogP contribution in [-0.4, -0.2) is 31.7 Å². The molecule has 19 heavy (non-hydrogen) atoms. The quantitative estimate of drug-likeness (QED) is 0.778. The molecule has 3 nitrogen and oxygen atoms in total. The molecule has 1 aromatic carbocycles. The number of halogens is 3. The summed E-state index contributed by atoms with van der Waals surface area (Å²) in [6.07, 6.45) is -3.53. The molecule has 1 aromatic rings. The van der Waals surface area contributed by atoms with Gasteiger partial charge in [0.15, 0.2) is 5.78 Å². The Hall–Kier alpha value is -1.56. The minimum Gasteiger partial charge on any atom is -0.493 e. The monoisotopic (exact) mass is 275 g/mol. The number of nitrogens with one attached hydrogen (secondary N) is 1. The maximum atomic E-state index is 12.0. The molecule has 0 spiro atoms. The van der Waals surface area contributed by atoms with Gasteiger partial charge in [0.25, 0.3) is 0 Å². The first-order chi connectivity index (χ1) is 8.94. The first-order valence-electron chi connectivity index (χ1n) is 5.96. The van der Waals surface area contributed by atoms with E-state index >= 15 is 0 Å². The smallest absolute Gasteiger partial charge is 0.401 e. The zero-order valence-electron chi connectivity index (χ0n) is 10.6. The third kappa shape index (κ3) is 5.74. The molecule has 0 saturated carbocycles. The van der Waals surface area contributed by atoms with Crippen molar-refractivity contribution in [3.8, 4) is 5.75 Å². The van der Waals surface area contributed by atoms with Gasteiger partial charge in [0.2, 0.25) is 0 Å². The Kier molecular flexibility index (Phi) is 5.82. The number of alkyl halides is 3. The van der Waals surface area contributed by atoms with Crippen molar-refractivity contribution in [2.24, 2.45) is 0 Å². The minimum atomic E-state index is -4.32. The van der Waals surface area contributed by atoms with Gasteiger partial charge in [-0.1, -0.05) is 19.1 Å². The van der Waals surface area contributed by atoms with Crippen molar-refractivity contribution in [3.05, 3.63) is 29.8 Å². The van der Waals surface area contributed by atoms with E-state index in [0.29, 0.717) is 17.9 Å². The molecule has 1 N–H and O–H groups in total. The van der Waals surface area contributed by atoms with Crippen LogP contribution in [0.4, 0.5) is 13.2 Å². The number of carbonyl (C=O) groups excluding carboxylic acids is 1. The first-order valence-corrected chi connectivity index (χ1v) is 5.96. The highest BCUT2D eigenvalue weighted by molar-refractivity contribution is 6.00. The molecule has 0 aromatic heterocycles. The Morgan fingerprint density at radius 2 is 2.00 bits per heavy atom. The van der Waals surface area contributed by atoms with E-state index in [9.17, 15) is 18.0 Å². The summed E-state index contributed by atoms with van der Waals surface area (Å²) in [6, 6.07) is 6.54. The summed E-state index contributed by atoms with van der Waals surface area (Å²) in [5.41, 5.74) is 0.297. The molecule has 0 atom stereocenters. The van der Waals surface area contributed by atoms with Gasteiger partial charge in [0.05, 0.1) is 25.3 Å². The van der Waals surface area contributed by atoms with Crippen molar-refractivity contribution < 1.29 is 22.7 Å². The van der Waals surface area contributed by atoms with Crippen LogP contribution in [0.3, 0.4) is 0 Å². The fourth-order valence-corrected chi connectivity index (χ4v) is 1.45. The number of carbonyl (C=O) groups is 1. The lowest BCUT2D eigenvalue weighted by Crippen LogP contribution is -2.32. The van der Waals surface area contributed by atoms with E-state index in [1.807, 2.05) is 6.92 Å². The summed E-state index contributed by atoms with van der Waals surface area (Å²) in [5, 5.41) is 2.08. The van der Waals surface area contributed by atoms with Gasteiger partial charge in [-0.3, -0.25) is 4.79 Å². The number of ketones is 1. The Morgan fingerprint density at radius 1 is 1.32 bits per heavy atom. The van der Waals surface area contributed by atoms with Crippen LogP contribution in [0.1, 0.15) is 23.7 Å². The zero-order chi connectivity index (χ0) is 14.3. The lowest BCUT2D eigenvalue weighted by molar-refractivity contribution is -0.124. The summed E-state index contributed by atoms with van der Waals surface area (Å²) in [5.74, 6) is -0.0147. The third-order valence-electron chi connectivity index (χ3n) is 2.26. The molecule has 1 rings (SSSR count). The summed E-state index contributed by atoms with van der Waals surface area (Å²) in [6.45, 7) is 0.832. The third-order valence-corrected chi connectivity index (χ3v) is 2.26. The fraction of sp³-hybridized carbons (Fsp3) is 0.462. The van der Waals surface area contributed by atoms with Gasteiger partial charge in [-0.05, 0) is 18.6 Å². The Labute approximate surface area is 109 Å². The molecule has 0 aliphatic heterocycles. The van der Waals surface area contributed by atoms with Crippen molar-refractivity contribution >= 4 is 5.78 Å². The molecule has 0 fully saturated rings. The number of Topliss-reactive ketones (excluding diaryl/α,β-unsaturated/α-hetero) is 1. The van der Waals surface area contributed by atoms with Gasteiger partial charge in [-0.15, -0.1) is 0 Å². The lowest BCUT2D eigenvalue weighted by Gasteiger charge is -2.11. The molecular weight excluding hydrogens is 259 g/mol. The number of hydrogen-bond acceptors (Lipinski definition) is 3. The zero-order valence-corrected chi connectivity index (χ0v) is 10.6. The van der Waals surface area contributed by atoms with Crippen molar-refractivity contribution in [1.82, 2.24) is 5.32 Å². The second-order valence-corrected chi connectivity index (χ2v) is 3.99. The second kappa shape index (κ2) is 7.13. The maximum Gasteiger partial charge on any atom is 0.401 e. The van der Waals surface area contributed by atoms with E-state index < -0.39 is 18.5 Å². The molecule has 0 amide bonds. The Morgan fingerprint density at radius 3 is 2.63 bits per heavy atom. The summed E-state index contributed by atoms with van der Waals surface area (Å²) < 4.78 is 41.3. The first kappa shape index (κ1) is 15.5. The van der Waals surface area contributed by atoms with Gasteiger partial charge in [-0.2, -0.15) is 13.2 Å². The molecule has 0 radical (unpaired) electrons. The summed E-state index contributed by atoms with van der Waals surface area (Å²) in [7, 11) is 0. The van der Waals surface area contributed by atoms with Crippen LogP contribution in [0.2, 0.25) is 0 Å². The van der Waals surface area contributed by atoms with E-state index in [2.05, 4.69) is 5.32 Å². The van der Waals surface area contributed by atoms with Crippen molar-refractivity contribution in [3.63, 3.8) is 0 Å². The van der Waals surface area contributed by atoms with Crippen molar-refractivity contribution in [2.45, 2.75) is 19.5 Å². The highest BCUT2D eigenvalue weighted by atomic mass is 19.4. The van der Waals surface area contributed by atoms with Gasteiger partial charge >= 0.3 is 6.18 Å². The largest absolute Gasteiger partial charge is 0.493 e. The molecule has 6 heteroatoms. The molecule has 0 heterocycles. The highest BCUT2D eigenvalue weighted by Gasteiger charge is 2.26. The van der Waals surface area contributed by atoms with Crippen LogP contribution in [0.5, 0.6) is 5.75 Å². The maximum absolute atomic E-state index is 12.0. The summed E-state index contributed by atoms with van der Waals surface area (Å²) >= 11 is 0. The minimum absolute atomic E-state index is 0.297. The predicted molar refractivity (Wildman–Crippen MR) is 65.5 cm³/mol. The fourth-order valence-electron chi connectivity index (χ4n) is 1.45. The normalized spacial score (nSPS) is 11.4. The number of para-hydroxylation sites is 1. The van der Waals surface area contributed by atoms with Crippen LogP contribution in [0.25, 0.3) is 0 Å². The number of rotatable bonds is 7. The van der Waals surface area contributed by atoms with Crippen molar-refractivity contribution in [1.29, 1.82) is 0 Å². The standard InChI is InChI=1S/C13H16F3NO2/c1-2-7-19-12-6-4-3-5-10(12)11(18)8-17-9-13(14,15)16/h3-6,17H,2,7-9H2,1H3. The molecule has 0 saturated heterocycles. The molecule has 0 bridgehead atoms. The average molecular weight is 275 g/mol. The molecule has 0 aliphatic carbocycles. The predicted octanol–water partition coefficient (Wildman–Crippen LogP) is 2.81. The van der Waals surface area contributed by atoms with E-state index in [1.165, 1.54) is 0 Å². The highest BCUT2D eigenvalue weighted by Crippen LogP contribution is 2.19. The van der Waals surface area contributed by atoms with Crippen LogP contribution in [0, 0.1) is 0 Å². The van der Waals surface area contributed by atoms with Gasteiger partial charge in [0, 0.05) is 0 Å². The van der Waals surface area contributed by atoms with E-state index in [1.54, 1.807) is 24.3 Å². The molecule has 0 aliphatic rings. The topological polar surface area (TPSA) is 38.3 Å². The Balaban J connectivity index is 2.61.